The van der Waals surface area contributed by atoms with Crippen LogP contribution in [0.5, 0.6) is 23.0 Å². The molecule has 0 aliphatic carbocycles. The Morgan fingerprint density at radius 1 is 0.460 bits per heavy atom. The second kappa shape index (κ2) is 16.9. The average molecular weight is 747 g/mol. The summed E-state index contributed by atoms with van der Waals surface area (Å²) in [5.74, 6) is 3.67. The second-order valence-corrected chi connectivity index (χ2v) is 16.8. The van der Waals surface area contributed by atoms with Crippen molar-refractivity contribution in [2.45, 2.75) is 80.8 Å². The van der Waals surface area contributed by atoms with E-state index >= 15 is 0 Å². The molecule has 0 amide bonds. The minimum atomic E-state index is 0.390. The molecular weight excluding hydrogens is 705 g/mol. The van der Waals surface area contributed by atoms with E-state index in [0.29, 0.717) is 49.8 Å². The van der Waals surface area contributed by atoms with Crippen molar-refractivity contribution in [3.8, 4) is 23.0 Å². The van der Waals surface area contributed by atoms with Gasteiger partial charge in [-0.05, 0) is 87.8 Å². The lowest BCUT2D eigenvalue weighted by Gasteiger charge is -2.22. The molecular formula is C38H42N4O4S4. The van der Waals surface area contributed by atoms with Crippen LogP contribution in [0.4, 0.5) is 0 Å². The molecule has 0 saturated heterocycles. The third kappa shape index (κ3) is 10.1. The van der Waals surface area contributed by atoms with Gasteiger partial charge in [-0.25, -0.2) is 19.9 Å². The Morgan fingerprint density at radius 3 is 1.04 bits per heavy atom. The molecule has 12 heteroatoms. The van der Waals surface area contributed by atoms with Gasteiger partial charge in [0.15, 0.2) is 23.0 Å². The molecule has 0 aliphatic heterocycles. The molecule has 0 spiro atoms. The maximum atomic E-state index is 6.31. The summed E-state index contributed by atoms with van der Waals surface area (Å²) in [5, 5.41) is 12.2. The molecule has 0 N–H and O–H groups in total. The maximum absolute atomic E-state index is 6.31. The van der Waals surface area contributed by atoms with Crippen LogP contribution in [0.3, 0.4) is 0 Å². The van der Waals surface area contributed by atoms with Crippen LogP contribution in [0.25, 0.3) is 0 Å². The SMILES string of the molecule is Cc1nc(COc2ccc(C[C@@H](C)[C@@H](C)Cc3ccc(OCc4csc(C)n4)c(OCc4csc(C)n4)c3)cc2OCc2csc(C)n2)cs1. The highest BCUT2D eigenvalue weighted by Gasteiger charge is 2.18. The van der Waals surface area contributed by atoms with Gasteiger partial charge >= 0.3 is 0 Å². The molecule has 2 aromatic carbocycles. The van der Waals surface area contributed by atoms with E-state index in [0.717, 1.165) is 67.1 Å². The molecule has 8 nitrogen and oxygen atoms in total. The first kappa shape index (κ1) is 36.0. The average Bonchev–Trinajstić information content (AvgIpc) is 3.91. The number of thiazole rings is 4. The number of hydrogen-bond acceptors (Lipinski definition) is 12. The number of aromatic nitrogens is 4. The van der Waals surface area contributed by atoms with Crippen LogP contribution < -0.4 is 18.9 Å². The summed E-state index contributed by atoms with van der Waals surface area (Å²) >= 11 is 6.50. The number of aryl methyl sites for hydroxylation is 4. The first-order valence-corrected chi connectivity index (χ1v) is 20.1. The number of ether oxygens (including phenoxy) is 4. The molecule has 50 heavy (non-hydrogen) atoms. The van der Waals surface area contributed by atoms with Crippen LogP contribution in [-0.2, 0) is 39.3 Å². The Labute approximate surface area is 310 Å². The van der Waals surface area contributed by atoms with Crippen LogP contribution in [0.15, 0.2) is 57.9 Å². The minimum Gasteiger partial charge on any atom is -0.483 e. The van der Waals surface area contributed by atoms with Crippen molar-refractivity contribution >= 4 is 45.3 Å². The number of rotatable bonds is 17. The van der Waals surface area contributed by atoms with Crippen molar-refractivity contribution < 1.29 is 18.9 Å². The van der Waals surface area contributed by atoms with E-state index in [1.54, 1.807) is 45.3 Å². The first-order chi connectivity index (χ1) is 24.2. The lowest BCUT2D eigenvalue weighted by atomic mass is 9.85. The minimum absolute atomic E-state index is 0.390. The fourth-order valence-corrected chi connectivity index (χ4v) is 7.86. The Bertz CT molecular complexity index is 1860. The molecule has 0 radical (unpaired) electrons. The van der Waals surface area contributed by atoms with Crippen LogP contribution in [-0.4, -0.2) is 19.9 Å². The largest absolute Gasteiger partial charge is 0.483 e. The summed E-state index contributed by atoms with van der Waals surface area (Å²) in [7, 11) is 0. The standard InChI is InChI=1S/C38H42N4O4S4/c1-23(11-29-7-9-35(43-15-31-19-47-25(3)39-31)37(13-29)45-17-33-21-49-27(5)41-33)24(2)12-30-8-10-36(44-16-32-20-48-26(4)40-32)38(14-30)46-18-34-22-50-28(6)42-34/h7-10,13-14,19-24H,11-12,15-18H2,1-6H3/t23-,24+. The fraction of sp³-hybridized carbons (Fsp3) is 0.368. The van der Waals surface area contributed by atoms with Gasteiger partial charge in [0, 0.05) is 21.5 Å². The number of hydrogen-bond donors (Lipinski definition) is 0. The summed E-state index contributed by atoms with van der Waals surface area (Å²) in [6.07, 6.45) is 1.80. The smallest absolute Gasteiger partial charge is 0.162 e. The zero-order valence-corrected chi connectivity index (χ0v) is 32.5. The van der Waals surface area contributed by atoms with Gasteiger partial charge in [-0.15, -0.1) is 45.3 Å². The van der Waals surface area contributed by atoms with E-state index in [4.69, 9.17) is 18.9 Å². The summed E-state index contributed by atoms with van der Waals surface area (Å²) in [6, 6.07) is 12.6. The quantitative estimate of drug-likeness (QED) is 0.0912. The van der Waals surface area contributed by atoms with Crippen molar-refractivity contribution in [3.63, 3.8) is 0 Å². The molecule has 6 rings (SSSR count). The third-order valence-electron chi connectivity index (χ3n) is 8.27. The molecule has 0 unspecified atom stereocenters. The molecule has 0 aliphatic rings. The highest BCUT2D eigenvalue weighted by Crippen LogP contribution is 2.34. The Hall–Kier alpha value is -3.84. The number of nitrogens with zero attached hydrogens (tertiary/aromatic N) is 4. The first-order valence-electron chi connectivity index (χ1n) is 16.6. The van der Waals surface area contributed by atoms with E-state index < -0.39 is 0 Å². The molecule has 4 aromatic heterocycles. The highest BCUT2D eigenvalue weighted by atomic mass is 32.1. The van der Waals surface area contributed by atoms with Crippen LogP contribution in [0, 0.1) is 39.5 Å². The van der Waals surface area contributed by atoms with E-state index in [1.807, 2.05) is 61.3 Å². The fourth-order valence-electron chi connectivity index (χ4n) is 5.47. The monoisotopic (exact) mass is 746 g/mol. The van der Waals surface area contributed by atoms with Crippen LogP contribution >= 0.6 is 45.3 Å². The van der Waals surface area contributed by atoms with Gasteiger partial charge in [-0.3, -0.25) is 0 Å². The van der Waals surface area contributed by atoms with Gasteiger partial charge < -0.3 is 18.9 Å². The summed E-state index contributed by atoms with van der Waals surface area (Å²) in [6.45, 7) is 14.2. The van der Waals surface area contributed by atoms with Crippen LogP contribution in [0.1, 0.15) is 67.8 Å². The van der Waals surface area contributed by atoms with Gasteiger partial charge in [0.25, 0.3) is 0 Å². The molecule has 262 valence electrons. The maximum Gasteiger partial charge on any atom is 0.162 e. The Balaban J connectivity index is 1.13. The lowest BCUT2D eigenvalue weighted by molar-refractivity contribution is 0.251. The van der Waals surface area contributed by atoms with Crippen molar-refractivity contribution in [2.75, 3.05) is 0 Å². The highest BCUT2D eigenvalue weighted by molar-refractivity contribution is 7.10. The van der Waals surface area contributed by atoms with E-state index in [1.165, 1.54) is 11.1 Å². The normalized spacial score (nSPS) is 12.5. The van der Waals surface area contributed by atoms with E-state index in [-0.39, 0.29) is 0 Å². The van der Waals surface area contributed by atoms with Crippen LogP contribution in [0.2, 0.25) is 0 Å². The molecule has 2 atom stereocenters. The summed E-state index contributed by atoms with van der Waals surface area (Å²) in [5.41, 5.74) is 6.08. The van der Waals surface area contributed by atoms with Crippen molar-refractivity contribution in [1.29, 1.82) is 0 Å². The molecule has 6 aromatic rings. The predicted molar refractivity (Wildman–Crippen MR) is 203 cm³/mol. The van der Waals surface area contributed by atoms with Gasteiger partial charge in [0.05, 0.1) is 42.8 Å². The van der Waals surface area contributed by atoms with E-state index in [2.05, 4.69) is 58.0 Å². The Morgan fingerprint density at radius 2 is 0.760 bits per heavy atom. The zero-order chi connectivity index (χ0) is 35.0. The molecule has 4 heterocycles. The lowest BCUT2D eigenvalue weighted by Crippen LogP contribution is -2.14. The van der Waals surface area contributed by atoms with Gasteiger partial charge in [0.2, 0.25) is 0 Å². The molecule has 0 fully saturated rings. The van der Waals surface area contributed by atoms with E-state index in [9.17, 15) is 0 Å². The van der Waals surface area contributed by atoms with Crippen molar-refractivity contribution in [2.24, 2.45) is 11.8 Å². The zero-order valence-electron chi connectivity index (χ0n) is 29.2. The van der Waals surface area contributed by atoms with Crippen molar-refractivity contribution in [1.82, 2.24) is 19.9 Å². The summed E-state index contributed by atoms with van der Waals surface area (Å²) in [4.78, 5) is 18.2. The third-order valence-corrected chi connectivity index (χ3v) is 11.6. The van der Waals surface area contributed by atoms with Gasteiger partial charge in [0.1, 0.15) is 26.4 Å². The predicted octanol–water partition coefficient (Wildman–Crippen LogP) is 10.1. The Kier molecular flexibility index (Phi) is 12.2. The topological polar surface area (TPSA) is 88.5 Å². The molecule has 0 bridgehead atoms. The van der Waals surface area contributed by atoms with Gasteiger partial charge in [-0.2, -0.15) is 0 Å². The number of benzene rings is 2. The van der Waals surface area contributed by atoms with Crippen molar-refractivity contribution in [3.05, 3.63) is 112 Å². The van der Waals surface area contributed by atoms with Gasteiger partial charge in [-0.1, -0.05) is 26.0 Å². The summed E-state index contributed by atoms with van der Waals surface area (Å²) < 4.78 is 25.0. The molecule has 0 saturated carbocycles. The second-order valence-electron chi connectivity index (χ2n) is 12.5.